The van der Waals surface area contributed by atoms with Gasteiger partial charge in [-0.25, -0.2) is 0 Å². The number of carbonyl (C=O) groups excluding carboxylic acids is 1. The van der Waals surface area contributed by atoms with Crippen molar-refractivity contribution >= 4 is 17.6 Å². The second-order valence-corrected chi connectivity index (χ2v) is 7.51. The summed E-state index contributed by atoms with van der Waals surface area (Å²) in [4.78, 5) is 24.2. The van der Waals surface area contributed by atoms with Crippen molar-refractivity contribution in [2.75, 3.05) is 5.32 Å². The van der Waals surface area contributed by atoms with Crippen molar-refractivity contribution in [2.45, 2.75) is 39.3 Å². The average Bonchev–Trinajstić information content (AvgIpc) is 3.03. The van der Waals surface area contributed by atoms with Crippen molar-refractivity contribution < 1.29 is 27.9 Å². The number of amides is 1. The molecular formula is C24H23F3N2O3. The number of alkyl halides is 3. The van der Waals surface area contributed by atoms with E-state index in [9.17, 15) is 27.9 Å². The number of carbonyl (C=O) groups is 2. The van der Waals surface area contributed by atoms with E-state index in [-0.39, 0.29) is 11.3 Å². The van der Waals surface area contributed by atoms with Gasteiger partial charge in [-0.1, -0.05) is 31.2 Å². The zero-order chi connectivity index (χ0) is 23.6. The quantitative estimate of drug-likeness (QED) is 0.494. The summed E-state index contributed by atoms with van der Waals surface area (Å²) in [5.41, 5.74) is 1.38. The number of carboxylic acid groups (broad SMARTS) is 1. The summed E-state index contributed by atoms with van der Waals surface area (Å²) >= 11 is 0. The van der Waals surface area contributed by atoms with Crippen molar-refractivity contribution in [3.05, 3.63) is 82.7 Å². The van der Waals surface area contributed by atoms with Crippen LogP contribution in [0.25, 0.3) is 5.69 Å². The van der Waals surface area contributed by atoms with Gasteiger partial charge in [-0.3, -0.25) is 9.59 Å². The molecule has 0 aliphatic rings. The van der Waals surface area contributed by atoms with E-state index in [0.29, 0.717) is 29.1 Å². The zero-order valence-electron chi connectivity index (χ0n) is 17.8. The van der Waals surface area contributed by atoms with Gasteiger partial charge in [0.05, 0.1) is 22.7 Å². The Morgan fingerprint density at radius 1 is 1.06 bits per heavy atom. The first kappa shape index (κ1) is 23.1. The molecule has 8 heteroatoms. The van der Waals surface area contributed by atoms with Crippen LogP contribution in [-0.4, -0.2) is 21.6 Å². The number of rotatable bonds is 6. The minimum atomic E-state index is -4.53. The number of aromatic nitrogens is 1. The van der Waals surface area contributed by atoms with E-state index in [1.165, 1.54) is 22.8 Å². The summed E-state index contributed by atoms with van der Waals surface area (Å²) in [5, 5.41) is 12.0. The molecule has 1 amide bonds. The number of nitrogens with zero attached hydrogens (tertiary/aromatic N) is 1. The van der Waals surface area contributed by atoms with Crippen molar-refractivity contribution in [3.63, 3.8) is 0 Å². The first-order valence-electron chi connectivity index (χ1n) is 10.0. The van der Waals surface area contributed by atoms with Crippen LogP contribution >= 0.6 is 0 Å². The highest BCUT2D eigenvalue weighted by Crippen LogP contribution is 2.35. The number of anilines is 1. The molecule has 1 atom stereocenters. The molecule has 0 spiro atoms. The number of hydrogen-bond acceptors (Lipinski definition) is 2. The van der Waals surface area contributed by atoms with Crippen LogP contribution in [0, 0.1) is 13.8 Å². The SMILES string of the molecule is CCC(C(=O)O)c1ccc(NC(=O)c2cc(C)n(-c3ccccc3C(F)(F)F)c2C)cc1. The summed E-state index contributed by atoms with van der Waals surface area (Å²) in [6.45, 7) is 5.01. The van der Waals surface area contributed by atoms with Crippen molar-refractivity contribution in [2.24, 2.45) is 0 Å². The number of para-hydroxylation sites is 1. The molecule has 168 valence electrons. The van der Waals surface area contributed by atoms with Crippen LogP contribution < -0.4 is 5.32 Å². The van der Waals surface area contributed by atoms with E-state index in [1.807, 2.05) is 0 Å². The smallest absolute Gasteiger partial charge is 0.418 e. The third-order valence-electron chi connectivity index (χ3n) is 5.40. The standard InChI is InChI=1S/C24H23F3N2O3/c1-4-18(23(31)32)16-9-11-17(12-10-16)28-22(30)19-13-14(2)29(15(19)3)21-8-6-5-7-20(21)24(25,26)27/h5-13,18H,4H2,1-3H3,(H,28,30)(H,31,32). The van der Waals surface area contributed by atoms with Gasteiger partial charge in [-0.15, -0.1) is 0 Å². The molecular weight excluding hydrogens is 421 g/mol. The summed E-state index contributed by atoms with van der Waals surface area (Å²) in [7, 11) is 0. The lowest BCUT2D eigenvalue weighted by atomic mass is 9.96. The molecule has 5 nitrogen and oxygen atoms in total. The highest BCUT2D eigenvalue weighted by molar-refractivity contribution is 6.05. The Labute approximate surface area is 183 Å². The summed E-state index contributed by atoms with van der Waals surface area (Å²) in [6.07, 6.45) is -4.09. The van der Waals surface area contributed by atoms with Crippen molar-refractivity contribution in [1.82, 2.24) is 4.57 Å². The predicted octanol–water partition coefficient (Wildman–Crippen LogP) is 5.94. The number of hydrogen-bond donors (Lipinski definition) is 2. The lowest BCUT2D eigenvalue weighted by molar-refractivity contribution is -0.139. The van der Waals surface area contributed by atoms with Gasteiger partial charge in [0.25, 0.3) is 5.91 Å². The fourth-order valence-electron chi connectivity index (χ4n) is 3.82. The van der Waals surface area contributed by atoms with Gasteiger partial charge in [0.1, 0.15) is 0 Å². The first-order chi connectivity index (χ1) is 15.0. The maximum Gasteiger partial charge on any atom is 0.418 e. The highest BCUT2D eigenvalue weighted by atomic mass is 19.4. The van der Waals surface area contributed by atoms with E-state index in [0.717, 1.165) is 6.07 Å². The van der Waals surface area contributed by atoms with Crippen LogP contribution in [-0.2, 0) is 11.0 Å². The van der Waals surface area contributed by atoms with Gasteiger partial charge in [-0.05, 0) is 56.2 Å². The monoisotopic (exact) mass is 444 g/mol. The van der Waals surface area contributed by atoms with E-state index >= 15 is 0 Å². The zero-order valence-corrected chi connectivity index (χ0v) is 17.8. The molecule has 2 aromatic carbocycles. The Hall–Kier alpha value is -3.55. The van der Waals surface area contributed by atoms with Crippen molar-refractivity contribution in [1.29, 1.82) is 0 Å². The molecule has 1 unspecified atom stereocenters. The Kier molecular flexibility index (Phi) is 6.43. The highest BCUT2D eigenvalue weighted by Gasteiger charge is 2.34. The predicted molar refractivity (Wildman–Crippen MR) is 115 cm³/mol. The van der Waals surface area contributed by atoms with Crippen LogP contribution in [0.4, 0.5) is 18.9 Å². The largest absolute Gasteiger partial charge is 0.481 e. The fourth-order valence-corrected chi connectivity index (χ4v) is 3.82. The van der Waals surface area contributed by atoms with Crippen LogP contribution in [0.15, 0.2) is 54.6 Å². The van der Waals surface area contributed by atoms with Gasteiger partial charge < -0.3 is 15.0 Å². The Balaban J connectivity index is 1.90. The number of benzene rings is 2. The van der Waals surface area contributed by atoms with Crippen LogP contribution in [0.3, 0.4) is 0 Å². The molecule has 1 heterocycles. The maximum absolute atomic E-state index is 13.5. The summed E-state index contributed by atoms with van der Waals surface area (Å²) in [6, 6.07) is 13.3. The fraction of sp³-hybridized carbons (Fsp3) is 0.250. The molecule has 3 aromatic rings. The van der Waals surface area contributed by atoms with Gasteiger partial charge in [0.2, 0.25) is 0 Å². The molecule has 0 saturated heterocycles. The molecule has 0 saturated carbocycles. The van der Waals surface area contributed by atoms with E-state index < -0.39 is 29.5 Å². The molecule has 0 aliphatic heterocycles. The van der Waals surface area contributed by atoms with E-state index in [2.05, 4.69) is 5.32 Å². The lowest BCUT2D eigenvalue weighted by Gasteiger charge is -2.17. The topological polar surface area (TPSA) is 71.3 Å². The summed E-state index contributed by atoms with van der Waals surface area (Å²) < 4.78 is 41.9. The van der Waals surface area contributed by atoms with E-state index in [1.54, 1.807) is 51.1 Å². The average molecular weight is 444 g/mol. The second kappa shape index (κ2) is 8.90. The number of aryl methyl sites for hydroxylation is 1. The number of carboxylic acids is 1. The molecule has 3 rings (SSSR count). The minimum absolute atomic E-state index is 0.0438. The molecule has 0 fully saturated rings. The van der Waals surface area contributed by atoms with Gasteiger partial charge in [-0.2, -0.15) is 13.2 Å². The number of aliphatic carboxylic acids is 1. The minimum Gasteiger partial charge on any atom is -0.481 e. The third kappa shape index (κ3) is 4.54. The number of nitrogens with one attached hydrogen (secondary N) is 1. The van der Waals surface area contributed by atoms with Gasteiger partial charge in [0, 0.05) is 17.1 Å². The molecule has 1 aromatic heterocycles. The van der Waals surface area contributed by atoms with Crippen LogP contribution in [0.1, 0.15) is 52.1 Å². The Morgan fingerprint density at radius 2 is 1.69 bits per heavy atom. The lowest BCUT2D eigenvalue weighted by Crippen LogP contribution is -2.15. The van der Waals surface area contributed by atoms with Crippen molar-refractivity contribution in [3.8, 4) is 5.69 Å². The Morgan fingerprint density at radius 3 is 2.25 bits per heavy atom. The molecule has 2 N–H and O–H groups in total. The third-order valence-corrected chi connectivity index (χ3v) is 5.40. The number of halogens is 3. The van der Waals surface area contributed by atoms with Crippen LogP contribution in [0.2, 0.25) is 0 Å². The second-order valence-electron chi connectivity index (χ2n) is 7.51. The van der Waals surface area contributed by atoms with Crippen LogP contribution in [0.5, 0.6) is 0 Å². The van der Waals surface area contributed by atoms with Gasteiger partial charge in [0.15, 0.2) is 0 Å². The molecule has 0 radical (unpaired) electrons. The van der Waals surface area contributed by atoms with Gasteiger partial charge >= 0.3 is 12.1 Å². The van der Waals surface area contributed by atoms with E-state index in [4.69, 9.17) is 0 Å². The summed E-state index contributed by atoms with van der Waals surface area (Å²) in [5.74, 6) is -2.02. The normalized spacial score (nSPS) is 12.4. The Bertz CT molecular complexity index is 1150. The first-order valence-corrected chi connectivity index (χ1v) is 10.0. The molecule has 0 aliphatic carbocycles. The molecule has 32 heavy (non-hydrogen) atoms. The maximum atomic E-state index is 13.5. The molecule has 0 bridgehead atoms.